The quantitative estimate of drug-likeness (QED) is 0.835. The molecule has 2 rings (SSSR count). The van der Waals surface area contributed by atoms with Crippen molar-refractivity contribution in [1.82, 2.24) is 4.90 Å². The standard InChI is InChI=1S/C16H20N2O4/c1-11(12-5-3-4-6-13(12)21-2)9-15(19)18-7-8-22-14(10-18)16(17)20/h3-6,9,14H,7-8,10H2,1-2H3,(H2,17,20)/b11-9+/t14-/m1/s1. The lowest BCUT2D eigenvalue weighted by molar-refractivity contribution is -0.142. The van der Waals surface area contributed by atoms with E-state index < -0.39 is 12.0 Å². The molecule has 0 saturated carbocycles. The number of carbonyl (C=O) groups excluding carboxylic acids is 2. The summed E-state index contributed by atoms with van der Waals surface area (Å²) >= 11 is 0. The number of carbonyl (C=O) groups is 2. The molecule has 118 valence electrons. The predicted octanol–water partition coefficient (Wildman–Crippen LogP) is 0.811. The molecule has 1 aliphatic rings. The number of hydrogen-bond donors (Lipinski definition) is 1. The van der Waals surface area contributed by atoms with Crippen LogP contribution in [0, 0.1) is 0 Å². The minimum Gasteiger partial charge on any atom is -0.496 e. The number of amides is 2. The molecule has 0 unspecified atom stereocenters. The molecule has 1 heterocycles. The maximum absolute atomic E-state index is 12.4. The highest BCUT2D eigenvalue weighted by atomic mass is 16.5. The second-order valence-corrected chi connectivity index (χ2v) is 5.07. The van der Waals surface area contributed by atoms with E-state index in [1.807, 2.05) is 31.2 Å². The van der Waals surface area contributed by atoms with Gasteiger partial charge in [-0.05, 0) is 18.6 Å². The lowest BCUT2D eigenvalue weighted by Gasteiger charge is -2.30. The summed E-state index contributed by atoms with van der Waals surface area (Å²) in [6.07, 6.45) is 0.805. The van der Waals surface area contributed by atoms with Crippen LogP contribution in [-0.2, 0) is 14.3 Å². The van der Waals surface area contributed by atoms with E-state index >= 15 is 0 Å². The van der Waals surface area contributed by atoms with Crippen molar-refractivity contribution in [3.8, 4) is 5.75 Å². The van der Waals surface area contributed by atoms with Gasteiger partial charge >= 0.3 is 0 Å². The molecule has 0 spiro atoms. The predicted molar refractivity (Wildman–Crippen MR) is 82.2 cm³/mol. The van der Waals surface area contributed by atoms with Crippen molar-refractivity contribution in [3.63, 3.8) is 0 Å². The first kappa shape index (κ1) is 16.0. The van der Waals surface area contributed by atoms with E-state index in [1.54, 1.807) is 18.1 Å². The zero-order valence-electron chi connectivity index (χ0n) is 12.7. The lowest BCUT2D eigenvalue weighted by atomic mass is 10.1. The zero-order chi connectivity index (χ0) is 16.1. The Morgan fingerprint density at radius 1 is 1.41 bits per heavy atom. The first-order chi connectivity index (χ1) is 10.5. The minimum atomic E-state index is -0.738. The average Bonchev–Trinajstić information content (AvgIpc) is 2.54. The van der Waals surface area contributed by atoms with Gasteiger partial charge in [0.2, 0.25) is 11.8 Å². The van der Waals surface area contributed by atoms with Crippen LogP contribution < -0.4 is 10.5 Å². The van der Waals surface area contributed by atoms with Crippen molar-refractivity contribution in [1.29, 1.82) is 0 Å². The van der Waals surface area contributed by atoms with E-state index in [-0.39, 0.29) is 12.5 Å². The second kappa shape index (κ2) is 7.09. The fraction of sp³-hybridized carbons (Fsp3) is 0.375. The van der Waals surface area contributed by atoms with Gasteiger partial charge in [-0.3, -0.25) is 9.59 Å². The Hall–Kier alpha value is -2.34. The Balaban J connectivity index is 2.14. The summed E-state index contributed by atoms with van der Waals surface area (Å²) in [5.74, 6) is -0.0121. The Morgan fingerprint density at radius 2 is 2.14 bits per heavy atom. The summed E-state index contributed by atoms with van der Waals surface area (Å²) in [5, 5.41) is 0. The summed E-state index contributed by atoms with van der Waals surface area (Å²) in [4.78, 5) is 25.1. The third-order valence-corrected chi connectivity index (χ3v) is 3.57. The highest BCUT2D eigenvalue weighted by molar-refractivity contribution is 5.96. The monoisotopic (exact) mass is 304 g/mol. The van der Waals surface area contributed by atoms with E-state index in [2.05, 4.69) is 0 Å². The lowest BCUT2D eigenvalue weighted by Crippen LogP contribution is -2.50. The highest BCUT2D eigenvalue weighted by Gasteiger charge is 2.27. The molecule has 1 atom stereocenters. The van der Waals surface area contributed by atoms with Crippen LogP contribution in [0.25, 0.3) is 5.57 Å². The molecule has 1 aromatic rings. The molecule has 0 radical (unpaired) electrons. The van der Waals surface area contributed by atoms with Gasteiger partial charge in [0.1, 0.15) is 5.75 Å². The van der Waals surface area contributed by atoms with E-state index in [0.717, 1.165) is 11.1 Å². The summed E-state index contributed by atoms with van der Waals surface area (Å²) in [6, 6.07) is 7.49. The fourth-order valence-electron chi connectivity index (χ4n) is 2.35. The van der Waals surface area contributed by atoms with Gasteiger partial charge in [0.25, 0.3) is 0 Å². The third kappa shape index (κ3) is 3.65. The number of nitrogens with zero attached hydrogens (tertiary/aromatic N) is 1. The number of hydrogen-bond acceptors (Lipinski definition) is 4. The first-order valence-electron chi connectivity index (χ1n) is 7.04. The van der Waals surface area contributed by atoms with Crippen molar-refractivity contribution < 1.29 is 19.1 Å². The number of morpholine rings is 1. The number of allylic oxidation sites excluding steroid dienone is 1. The Labute approximate surface area is 129 Å². The normalized spacial score (nSPS) is 18.9. The van der Waals surface area contributed by atoms with E-state index in [9.17, 15) is 9.59 Å². The summed E-state index contributed by atoms with van der Waals surface area (Å²) < 4.78 is 10.5. The molecule has 0 bridgehead atoms. The fourth-order valence-corrected chi connectivity index (χ4v) is 2.35. The van der Waals surface area contributed by atoms with E-state index in [4.69, 9.17) is 15.2 Å². The molecule has 2 amide bonds. The van der Waals surface area contributed by atoms with E-state index in [1.165, 1.54) is 0 Å². The number of para-hydroxylation sites is 1. The average molecular weight is 304 g/mol. The van der Waals surface area contributed by atoms with Crippen LogP contribution in [0.15, 0.2) is 30.3 Å². The second-order valence-electron chi connectivity index (χ2n) is 5.07. The molecule has 22 heavy (non-hydrogen) atoms. The maximum atomic E-state index is 12.4. The smallest absolute Gasteiger partial charge is 0.248 e. The number of methoxy groups -OCH3 is 1. The molecule has 6 heteroatoms. The van der Waals surface area contributed by atoms with Crippen LogP contribution in [0.1, 0.15) is 12.5 Å². The summed E-state index contributed by atoms with van der Waals surface area (Å²) in [5.41, 5.74) is 6.88. The maximum Gasteiger partial charge on any atom is 0.248 e. The molecule has 1 aromatic carbocycles. The summed E-state index contributed by atoms with van der Waals surface area (Å²) in [7, 11) is 1.59. The van der Waals surface area contributed by atoms with Crippen LogP contribution in [-0.4, -0.2) is 49.6 Å². The van der Waals surface area contributed by atoms with Crippen molar-refractivity contribution in [2.45, 2.75) is 13.0 Å². The summed E-state index contributed by atoms with van der Waals surface area (Å²) in [6.45, 7) is 2.78. The van der Waals surface area contributed by atoms with Gasteiger partial charge in [-0.2, -0.15) is 0 Å². The third-order valence-electron chi connectivity index (χ3n) is 3.57. The molecule has 1 fully saturated rings. The highest BCUT2D eigenvalue weighted by Crippen LogP contribution is 2.25. The van der Waals surface area contributed by atoms with E-state index in [0.29, 0.717) is 18.9 Å². The van der Waals surface area contributed by atoms with Crippen LogP contribution in [0.3, 0.4) is 0 Å². The molecule has 1 aliphatic heterocycles. The van der Waals surface area contributed by atoms with Gasteiger partial charge in [-0.15, -0.1) is 0 Å². The molecule has 2 N–H and O–H groups in total. The molecule has 1 saturated heterocycles. The van der Waals surface area contributed by atoms with Gasteiger partial charge in [-0.25, -0.2) is 0 Å². The molecule has 0 aromatic heterocycles. The number of nitrogens with two attached hydrogens (primary N) is 1. The largest absolute Gasteiger partial charge is 0.496 e. The van der Waals surface area contributed by atoms with Crippen LogP contribution >= 0.6 is 0 Å². The number of ether oxygens (including phenoxy) is 2. The van der Waals surface area contributed by atoms with Crippen molar-refractivity contribution in [2.75, 3.05) is 26.8 Å². The Morgan fingerprint density at radius 3 is 2.82 bits per heavy atom. The number of primary amides is 1. The van der Waals surface area contributed by atoms with Gasteiger partial charge in [0.15, 0.2) is 6.10 Å². The van der Waals surface area contributed by atoms with Crippen LogP contribution in [0.4, 0.5) is 0 Å². The number of benzene rings is 1. The van der Waals surface area contributed by atoms with Crippen molar-refractivity contribution >= 4 is 17.4 Å². The zero-order valence-corrected chi connectivity index (χ0v) is 12.7. The van der Waals surface area contributed by atoms with Crippen LogP contribution in [0.5, 0.6) is 5.75 Å². The minimum absolute atomic E-state index is 0.169. The topological polar surface area (TPSA) is 81.9 Å². The Bertz CT molecular complexity index is 598. The number of rotatable bonds is 4. The molecular weight excluding hydrogens is 284 g/mol. The van der Waals surface area contributed by atoms with Crippen LogP contribution in [0.2, 0.25) is 0 Å². The Kier molecular flexibility index (Phi) is 5.16. The van der Waals surface area contributed by atoms with Gasteiger partial charge in [0.05, 0.1) is 20.3 Å². The van der Waals surface area contributed by atoms with Crippen molar-refractivity contribution in [2.24, 2.45) is 5.73 Å². The molecule has 0 aliphatic carbocycles. The molecule has 6 nitrogen and oxygen atoms in total. The molecular formula is C16H20N2O4. The first-order valence-corrected chi connectivity index (χ1v) is 7.04. The van der Waals surface area contributed by atoms with Crippen molar-refractivity contribution in [3.05, 3.63) is 35.9 Å². The van der Waals surface area contributed by atoms with Gasteiger partial charge in [0, 0.05) is 18.2 Å². The van der Waals surface area contributed by atoms with Gasteiger partial charge < -0.3 is 20.1 Å². The van der Waals surface area contributed by atoms with Gasteiger partial charge in [-0.1, -0.05) is 18.2 Å². The SMILES string of the molecule is COc1ccccc1/C(C)=C/C(=O)N1CCO[C@@H](C(N)=O)C1.